The van der Waals surface area contributed by atoms with Crippen molar-refractivity contribution < 1.29 is 13.5 Å². The molecular formula is C21H22F2N4O. The summed E-state index contributed by atoms with van der Waals surface area (Å²) in [5.74, 6) is 0.717. The smallest absolute Gasteiger partial charge is 0.387 e. The van der Waals surface area contributed by atoms with Gasteiger partial charge in [0, 0.05) is 37.3 Å². The van der Waals surface area contributed by atoms with E-state index in [1.165, 1.54) is 0 Å². The Hall–Kier alpha value is -3.22. The van der Waals surface area contributed by atoms with Crippen LogP contribution in [-0.2, 0) is 13.1 Å². The maximum Gasteiger partial charge on any atom is 0.387 e. The van der Waals surface area contributed by atoms with Crippen LogP contribution in [0.3, 0.4) is 0 Å². The first-order valence-corrected chi connectivity index (χ1v) is 8.88. The number of aliphatic imine (C=N–C) groups is 1. The van der Waals surface area contributed by atoms with Crippen molar-refractivity contribution in [3.63, 3.8) is 0 Å². The van der Waals surface area contributed by atoms with Crippen LogP contribution in [0.5, 0.6) is 5.75 Å². The lowest BCUT2D eigenvalue weighted by molar-refractivity contribution is -0.0504. The normalized spacial score (nSPS) is 11.7. The molecule has 2 N–H and O–H groups in total. The van der Waals surface area contributed by atoms with Gasteiger partial charge in [0.1, 0.15) is 5.75 Å². The Morgan fingerprint density at radius 3 is 2.57 bits per heavy atom. The SMILES string of the molecule is CN=C(NCc1cc(C)ccc1OC(F)F)NCc1ccnc2ccccc12. The Bertz CT molecular complexity index is 970. The fourth-order valence-electron chi connectivity index (χ4n) is 2.95. The number of hydrogen-bond acceptors (Lipinski definition) is 3. The van der Waals surface area contributed by atoms with Gasteiger partial charge in [0.2, 0.25) is 0 Å². The van der Waals surface area contributed by atoms with Gasteiger partial charge in [-0.1, -0.05) is 35.9 Å². The van der Waals surface area contributed by atoms with E-state index in [1.54, 1.807) is 25.4 Å². The molecule has 3 aromatic rings. The van der Waals surface area contributed by atoms with Gasteiger partial charge in [-0.3, -0.25) is 9.98 Å². The van der Waals surface area contributed by atoms with E-state index in [9.17, 15) is 8.78 Å². The van der Waals surface area contributed by atoms with Gasteiger partial charge in [-0.25, -0.2) is 0 Å². The molecule has 0 aliphatic carbocycles. The van der Waals surface area contributed by atoms with Crippen molar-refractivity contribution in [1.82, 2.24) is 15.6 Å². The lowest BCUT2D eigenvalue weighted by Crippen LogP contribution is -2.36. The number of hydrogen-bond donors (Lipinski definition) is 2. The predicted octanol–water partition coefficient (Wildman–Crippen LogP) is 4.01. The third kappa shape index (κ3) is 4.94. The van der Waals surface area contributed by atoms with E-state index in [0.717, 1.165) is 22.0 Å². The number of aryl methyl sites for hydroxylation is 1. The largest absolute Gasteiger partial charge is 0.434 e. The second kappa shape index (κ2) is 9.12. The van der Waals surface area contributed by atoms with Crippen LogP contribution in [-0.4, -0.2) is 24.6 Å². The summed E-state index contributed by atoms with van der Waals surface area (Å²) in [6, 6.07) is 15.0. The van der Waals surface area contributed by atoms with E-state index in [1.807, 2.05) is 43.3 Å². The van der Waals surface area contributed by atoms with Gasteiger partial charge >= 0.3 is 6.61 Å². The number of nitrogens with one attached hydrogen (secondary N) is 2. The zero-order valence-electron chi connectivity index (χ0n) is 15.7. The molecule has 3 rings (SSSR count). The molecule has 7 heteroatoms. The van der Waals surface area contributed by atoms with Crippen molar-refractivity contribution in [2.75, 3.05) is 7.05 Å². The van der Waals surface area contributed by atoms with Crippen LogP contribution in [0.1, 0.15) is 16.7 Å². The Labute approximate surface area is 162 Å². The van der Waals surface area contributed by atoms with Crippen LogP contribution in [0.2, 0.25) is 0 Å². The number of aromatic nitrogens is 1. The van der Waals surface area contributed by atoms with Gasteiger partial charge in [-0.15, -0.1) is 0 Å². The molecule has 0 atom stereocenters. The lowest BCUT2D eigenvalue weighted by Gasteiger charge is -2.15. The summed E-state index contributed by atoms with van der Waals surface area (Å²) in [5, 5.41) is 7.46. The molecule has 0 radical (unpaired) electrons. The molecule has 0 bridgehead atoms. The third-order valence-corrected chi connectivity index (χ3v) is 4.29. The molecule has 0 aliphatic heterocycles. The summed E-state index contributed by atoms with van der Waals surface area (Å²) in [7, 11) is 1.66. The van der Waals surface area contributed by atoms with Gasteiger partial charge in [0.05, 0.1) is 5.52 Å². The van der Waals surface area contributed by atoms with E-state index >= 15 is 0 Å². The number of pyridine rings is 1. The van der Waals surface area contributed by atoms with Crippen LogP contribution in [0.4, 0.5) is 8.78 Å². The van der Waals surface area contributed by atoms with E-state index in [2.05, 4.69) is 25.3 Å². The molecule has 1 aromatic heterocycles. The zero-order chi connectivity index (χ0) is 19.9. The van der Waals surface area contributed by atoms with Gasteiger partial charge in [-0.2, -0.15) is 8.78 Å². The fraction of sp³-hybridized carbons (Fsp3) is 0.238. The highest BCUT2D eigenvalue weighted by Crippen LogP contribution is 2.22. The third-order valence-electron chi connectivity index (χ3n) is 4.29. The van der Waals surface area contributed by atoms with E-state index < -0.39 is 6.61 Å². The molecule has 0 saturated heterocycles. The minimum absolute atomic E-state index is 0.156. The van der Waals surface area contributed by atoms with Crippen LogP contribution in [0, 0.1) is 6.92 Å². The summed E-state index contributed by atoms with van der Waals surface area (Å²) < 4.78 is 29.8. The first-order valence-electron chi connectivity index (χ1n) is 8.88. The number of guanidine groups is 1. The summed E-state index contributed by atoms with van der Waals surface area (Å²) in [6.07, 6.45) is 1.77. The van der Waals surface area contributed by atoms with Crippen molar-refractivity contribution in [2.24, 2.45) is 4.99 Å². The Balaban J connectivity index is 1.66. The van der Waals surface area contributed by atoms with Crippen LogP contribution < -0.4 is 15.4 Å². The summed E-state index contributed by atoms with van der Waals surface area (Å²) in [4.78, 5) is 8.56. The van der Waals surface area contributed by atoms with Gasteiger partial charge in [0.25, 0.3) is 0 Å². The Kier molecular flexibility index (Phi) is 6.37. The standard InChI is InChI=1S/C21H22F2N4O/c1-14-7-8-19(28-20(22)23)16(11-14)13-27-21(24-2)26-12-15-9-10-25-18-6-4-3-5-17(15)18/h3-11,20H,12-13H2,1-2H3,(H2,24,26,27). The highest BCUT2D eigenvalue weighted by Gasteiger charge is 2.11. The van der Waals surface area contributed by atoms with Crippen molar-refractivity contribution in [1.29, 1.82) is 0 Å². The molecule has 0 spiro atoms. The molecule has 146 valence electrons. The maximum absolute atomic E-state index is 12.6. The molecule has 0 amide bonds. The first-order chi connectivity index (χ1) is 13.6. The number of fused-ring (bicyclic) bond motifs is 1. The van der Waals surface area contributed by atoms with Crippen molar-refractivity contribution in [2.45, 2.75) is 26.6 Å². The molecule has 5 nitrogen and oxygen atoms in total. The molecule has 2 aromatic carbocycles. The lowest BCUT2D eigenvalue weighted by atomic mass is 10.1. The average molecular weight is 384 g/mol. The molecule has 0 unspecified atom stereocenters. The maximum atomic E-state index is 12.6. The average Bonchev–Trinajstić information content (AvgIpc) is 2.69. The minimum atomic E-state index is -2.86. The topological polar surface area (TPSA) is 58.5 Å². The Morgan fingerprint density at radius 2 is 1.82 bits per heavy atom. The van der Waals surface area contributed by atoms with Gasteiger partial charge < -0.3 is 15.4 Å². The monoisotopic (exact) mass is 384 g/mol. The van der Waals surface area contributed by atoms with Crippen molar-refractivity contribution in [3.05, 3.63) is 71.4 Å². The summed E-state index contributed by atoms with van der Waals surface area (Å²) in [5.41, 5.74) is 3.62. The van der Waals surface area contributed by atoms with Gasteiger partial charge in [-0.05, 0) is 30.7 Å². The highest BCUT2D eigenvalue weighted by atomic mass is 19.3. The summed E-state index contributed by atoms with van der Waals surface area (Å²) in [6.45, 7) is -0.104. The minimum Gasteiger partial charge on any atom is -0.434 e. The molecule has 0 aliphatic rings. The molecule has 0 fully saturated rings. The fourth-order valence-corrected chi connectivity index (χ4v) is 2.95. The van der Waals surface area contributed by atoms with Crippen LogP contribution >= 0.6 is 0 Å². The number of benzene rings is 2. The second-order valence-corrected chi connectivity index (χ2v) is 6.26. The zero-order valence-corrected chi connectivity index (χ0v) is 15.7. The van der Waals surface area contributed by atoms with E-state index in [-0.39, 0.29) is 5.75 Å². The van der Waals surface area contributed by atoms with Crippen LogP contribution in [0.25, 0.3) is 10.9 Å². The molecular weight excluding hydrogens is 362 g/mol. The number of ether oxygens (including phenoxy) is 1. The number of rotatable bonds is 6. The predicted molar refractivity (Wildman–Crippen MR) is 107 cm³/mol. The first kappa shape index (κ1) is 19.5. The highest BCUT2D eigenvalue weighted by molar-refractivity contribution is 5.83. The van der Waals surface area contributed by atoms with Crippen molar-refractivity contribution >= 4 is 16.9 Å². The Morgan fingerprint density at radius 1 is 1.07 bits per heavy atom. The van der Waals surface area contributed by atoms with Crippen molar-refractivity contribution in [3.8, 4) is 5.75 Å². The summed E-state index contributed by atoms with van der Waals surface area (Å²) >= 11 is 0. The quantitative estimate of drug-likeness (QED) is 0.498. The van der Waals surface area contributed by atoms with Crippen LogP contribution in [0.15, 0.2) is 59.7 Å². The molecule has 28 heavy (non-hydrogen) atoms. The van der Waals surface area contributed by atoms with Gasteiger partial charge in [0.15, 0.2) is 5.96 Å². The number of halogens is 2. The molecule has 0 saturated carbocycles. The van der Waals surface area contributed by atoms with E-state index in [4.69, 9.17) is 0 Å². The second-order valence-electron chi connectivity index (χ2n) is 6.26. The number of para-hydroxylation sites is 1. The number of nitrogens with zero attached hydrogens (tertiary/aromatic N) is 2. The van der Waals surface area contributed by atoms with E-state index in [0.29, 0.717) is 24.6 Å². The molecule has 1 heterocycles. The number of alkyl halides is 2.